The highest BCUT2D eigenvalue weighted by molar-refractivity contribution is 6.29. The largest absolute Gasteiger partial charge is 0.473 e. The highest BCUT2D eigenvalue weighted by atomic mass is 19.2. The first-order chi connectivity index (χ1) is 7.34. The molecule has 1 N–H and O–H groups in total. The van der Waals surface area contributed by atoms with E-state index in [2.05, 4.69) is 4.74 Å². The van der Waals surface area contributed by atoms with Crippen LogP contribution in [-0.2, 0) is 9.59 Å². The molecule has 1 rings (SSSR count). The van der Waals surface area contributed by atoms with Crippen molar-refractivity contribution in [3.05, 3.63) is 29.3 Å². The normalized spacial score (nSPS) is 10.0. The van der Waals surface area contributed by atoms with Gasteiger partial charge in [-0.1, -0.05) is 0 Å². The number of aliphatic carboxylic acids is 1. The molecule has 16 heavy (non-hydrogen) atoms. The number of hydrogen-bond acceptors (Lipinski definition) is 3. The average molecular weight is 238 g/mol. The molecule has 0 saturated heterocycles. The number of carboxylic acid groups (broad SMARTS) is 1. The summed E-state index contributed by atoms with van der Waals surface area (Å²) in [5.74, 6) is -13.5. The van der Waals surface area contributed by atoms with Gasteiger partial charge < -0.3 is 9.84 Å². The molecule has 0 unspecified atom stereocenters. The van der Waals surface area contributed by atoms with Crippen LogP contribution in [0.5, 0.6) is 5.75 Å². The monoisotopic (exact) mass is 238 g/mol. The molecule has 0 amide bonds. The minimum atomic E-state index is -2.14. The van der Waals surface area contributed by atoms with Gasteiger partial charge in [-0.25, -0.2) is 22.8 Å². The molecule has 4 nitrogen and oxygen atoms in total. The van der Waals surface area contributed by atoms with Gasteiger partial charge >= 0.3 is 11.9 Å². The van der Waals surface area contributed by atoms with Crippen LogP contribution in [0.1, 0.15) is 0 Å². The Hall–Kier alpha value is -2.12. The van der Waals surface area contributed by atoms with Gasteiger partial charge in [0, 0.05) is 6.07 Å². The van der Waals surface area contributed by atoms with Crippen LogP contribution >= 0.6 is 0 Å². The van der Waals surface area contributed by atoms with E-state index in [1.807, 2.05) is 0 Å². The molecule has 1 aromatic rings. The number of benzene rings is 1. The summed E-state index contributed by atoms with van der Waals surface area (Å²) in [5.41, 5.74) is 0. The Morgan fingerprint density at radius 2 is 1.62 bits per heavy atom. The van der Waals surface area contributed by atoms with E-state index in [-0.39, 0.29) is 6.07 Å². The van der Waals surface area contributed by atoms with Gasteiger partial charge in [-0.3, -0.25) is 0 Å². The molecule has 0 atom stereocenters. The van der Waals surface area contributed by atoms with Crippen molar-refractivity contribution in [2.45, 2.75) is 0 Å². The van der Waals surface area contributed by atoms with Gasteiger partial charge in [-0.05, 0) is 0 Å². The minimum absolute atomic E-state index is 0.0805. The third-order valence-corrected chi connectivity index (χ3v) is 1.44. The Kier molecular flexibility index (Phi) is 3.11. The third-order valence-electron chi connectivity index (χ3n) is 1.44. The van der Waals surface area contributed by atoms with E-state index >= 15 is 0 Å². The van der Waals surface area contributed by atoms with E-state index in [1.54, 1.807) is 0 Å². The van der Waals surface area contributed by atoms with Crippen LogP contribution < -0.4 is 4.74 Å². The average Bonchev–Trinajstić information content (AvgIpc) is 2.20. The summed E-state index contributed by atoms with van der Waals surface area (Å²) < 4.78 is 54.3. The Morgan fingerprint density at radius 1 is 1.06 bits per heavy atom. The minimum Gasteiger partial charge on any atom is -0.473 e. The summed E-state index contributed by atoms with van der Waals surface area (Å²) >= 11 is 0. The zero-order chi connectivity index (χ0) is 12.5. The predicted octanol–water partition coefficient (Wildman–Crippen LogP) is 1.23. The van der Waals surface area contributed by atoms with E-state index in [4.69, 9.17) is 5.11 Å². The first-order valence-corrected chi connectivity index (χ1v) is 3.62. The van der Waals surface area contributed by atoms with E-state index < -0.39 is 41.0 Å². The Bertz CT molecular complexity index is 472. The van der Waals surface area contributed by atoms with E-state index in [9.17, 15) is 27.2 Å². The maximum absolute atomic E-state index is 12.8. The zero-order valence-electron chi connectivity index (χ0n) is 7.26. The molecule has 0 aliphatic carbocycles. The summed E-state index contributed by atoms with van der Waals surface area (Å²) in [6, 6.07) is -0.0805. The second-order valence-corrected chi connectivity index (χ2v) is 2.49. The van der Waals surface area contributed by atoms with Crippen LogP contribution in [0, 0.1) is 23.3 Å². The van der Waals surface area contributed by atoms with E-state index in [0.29, 0.717) is 0 Å². The first kappa shape index (κ1) is 12.0. The fourth-order valence-corrected chi connectivity index (χ4v) is 0.779. The number of carbonyl (C=O) groups is 2. The van der Waals surface area contributed by atoms with Crippen molar-refractivity contribution in [1.82, 2.24) is 0 Å². The number of esters is 1. The first-order valence-electron chi connectivity index (χ1n) is 3.62. The van der Waals surface area contributed by atoms with Crippen LogP contribution in [0.25, 0.3) is 0 Å². The highest BCUT2D eigenvalue weighted by Crippen LogP contribution is 2.25. The summed E-state index contributed by atoms with van der Waals surface area (Å²) in [4.78, 5) is 20.4. The summed E-state index contributed by atoms with van der Waals surface area (Å²) in [5, 5.41) is 8.06. The van der Waals surface area contributed by atoms with Crippen LogP contribution in [0.4, 0.5) is 17.6 Å². The van der Waals surface area contributed by atoms with Gasteiger partial charge in [-0.2, -0.15) is 4.39 Å². The topological polar surface area (TPSA) is 63.6 Å². The zero-order valence-corrected chi connectivity index (χ0v) is 7.26. The lowest BCUT2D eigenvalue weighted by Crippen LogP contribution is -2.21. The number of carbonyl (C=O) groups excluding carboxylic acids is 1. The molecule has 0 fully saturated rings. The van der Waals surface area contributed by atoms with Gasteiger partial charge in [-0.15, -0.1) is 0 Å². The lowest BCUT2D eigenvalue weighted by molar-refractivity contribution is -0.158. The summed E-state index contributed by atoms with van der Waals surface area (Å²) in [6.45, 7) is 0. The molecule has 0 aliphatic rings. The Morgan fingerprint density at radius 3 is 2.12 bits per heavy atom. The van der Waals surface area contributed by atoms with Crippen LogP contribution in [0.3, 0.4) is 0 Å². The number of ether oxygens (including phenoxy) is 1. The lowest BCUT2D eigenvalue weighted by Gasteiger charge is -2.05. The number of halogens is 4. The highest BCUT2D eigenvalue weighted by Gasteiger charge is 2.25. The maximum atomic E-state index is 12.8. The smallest absolute Gasteiger partial charge is 0.422 e. The van der Waals surface area contributed by atoms with Gasteiger partial charge in [0.15, 0.2) is 17.5 Å². The van der Waals surface area contributed by atoms with Crippen molar-refractivity contribution in [2.24, 2.45) is 0 Å². The molecule has 0 aliphatic heterocycles. The van der Waals surface area contributed by atoms with Crippen molar-refractivity contribution in [3.63, 3.8) is 0 Å². The van der Waals surface area contributed by atoms with Gasteiger partial charge in [0.2, 0.25) is 11.6 Å². The Labute approximate surface area is 85.1 Å². The predicted molar refractivity (Wildman–Crippen MR) is 39.5 cm³/mol. The van der Waals surface area contributed by atoms with Crippen LogP contribution in [-0.4, -0.2) is 17.0 Å². The quantitative estimate of drug-likeness (QED) is 0.199. The lowest BCUT2D eigenvalue weighted by atomic mass is 10.3. The molecular formula is C8H2F4O4. The van der Waals surface area contributed by atoms with E-state index in [0.717, 1.165) is 0 Å². The molecule has 0 radical (unpaired) electrons. The van der Waals surface area contributed by atoms with Crippen LogP contribution in [0.2, 0.25) is 0 Å². The van der Waals surface area contributed by atoms with Crippen molar-refractivity contribution in [3.8, 4) is 5.75 Å². The van der Waals surface area contributed by atoms with Crippen molar-refractivity contribution >= 4 is 11.9 Å². The van der Waals surface area contributed by atoms with E-state index in [1.165, 1.54) is 0 Å². The second-order valence-electron chi connectivity index (χ2n) is 2.49. The molecule has 86 valence electrons. The fourth-order valence-electron chi connectivity index (χ4n) is 0.779. The number of carboxylic acids is 1. The van der Waals surface area contributed by atoms with Crippen molar-refractivity contribution < 1.29 is 37.0 Å². The molecule has 0 heterocycles. The number of hydrogen-bond donors (Lipinski definition) is 1. The number of rotatable bonds is 1. The summed E-state index contributed by atoms with van der Waals surface area (Å²) in [6.07, 6.45) is 0. The SMILES string of the molecule is O=C(O)C(=O)Oc1c(F)cc(F)c(F)c1F. The van der Waals surface area contributed by atoms with Crippen molar-refractivity contribution in [2.75, 3.05) is 0 Å². The van der Waals surface area contributed by atoms with Crippen LogP contribution in [0.15, 0.2) is 6.07 Å². The molecule has 0 spiro atoms. The molecule has 0 aromatic heterocycles. The molecule has 8 heteroatoms. The van der Waals surface area contributed by atoms with Gasteiger partial charge in [0.1, 0.15) is 0 Å². The standard InChI is InChI=1S/C8H2F4O4/c9-2-1-3(10)6(5(12)4(2)11)16-8(15)7(13)14/h1H,(H,13,14). The van der Waals surface area contributed by atoms with Gasteiger partial charge in [0.05, 0.1) is 0 Å². The molecule has 0 bridgehead atoms. The fraction of sp³-hybridized carbons (Fsp3) is 0. The molecule has 0 saturated carbocycles. The third kappa shape index (κ3) is 2.10. The summed E-state index contributed by atoms with van der Waals surface area (Å²) in [7, 11) is 0. The Balaban J connectivity index is 3.19. The van der Waals surface area contributed by atoms with Crippen molar-refractivity contribution in [1.29, 1.82) is 0 Å². The second kappa shape index (κ2) is 4.17. The van der Waals surface area contributed by atoms with Gasteiger partial charge in [0.25, 0.3) is 0 Å². The molecule has 1 aromatic carbocycles. The molecular weight excluding hydrogens is 236 g/mol. The maximum Gasteiger partial charge on any atom is 0.422 e.